The standard InChI is InChI=1S/C20H20O/c1-16(21)20(14-8-11-17-9-4-2-5-10-17)15-19(20)18-12-6-3-7-13-18/h2-13,19H,14-15H2,1H3/b11-8+/t19-,20-/m1/s1. The van der Waals surface area contributed by atoms with Crippen LogP contribution in [0.3, 0.4) is 0 Å². The van der Waals surface area contributed by atoms with Crippen molar-refractivity contribution in [3.05, 3.63) is 77.9 Å². The van der Waals surface area contributed by atoms with Crippen LogP contribution in [0.2, 0.25) is 0 Å². The van der Waals surface area contributed by atoms with Crippen LogP contribution in [0.1, 0.15) is 36.8 Å². The van der Waals surface area contributed by atoms with Crippen LogP contribution >= 0.6 is 0 Å². The predicted octanol–water partition coefficient (Wildman–Crippen LogP) is 4.85. The van der Waals surface area contributed by atoms with Gasteiger partial charge in [0.05, 0.1) is 0 Å². The average Bonchev–Trinajstić information content (AvgIpc) is 3.25. The van der Waals surface area contributed by atoms with Crippen LogP contribution in [0, 0.1) is 5.41 Å². The minimum absolute atomic E-state index is 0.174. The summed E-state index contributed by atoms with van der Waals surface area (Å²) in [6.45, 7) is 1.74. The Morgan fingerprint density at radius 1 is 1.10 bits per heavy atom. The number of allylic oxidation sites excluding steroid dienone is 1. The monoisotopic (exact) mass is 276 g/mol. The molecule has 0 unspecified atom stereocenters. The van der Waals surface area contributed by atoms with Gasteiger partial charge in [-0.15, -0.1) is 0 Å². The van der Waals surface area contributed by atoms with Gasteiger partial charge in [-0.3, -0.25) is 4.79 Å². The summed E-state index contributed by atoms with van der Waals surface area (Å²) in [7, 11) is 0. The van der Waals surface area contributed by atoms with E-state index in [-0.39, 0.29) is 5.41 Å². The zero-order valence-corrected chi connectivity index (χ0v) is 12.3. The molecule has 0 amide bonds. The van der Waals surface area contributed by atoms with E-state index in [1.165, 1.54) is 11.1 Å². The third-order valence-corrected chi connectivity index (χ3v) is 4.57. The fourth-order valence-electron chi connectivity index (χ4n) is 3.16. The first kappa shape index (κ1) is 13.8. The Hall–Kier alpha value is -2.15. The van der Waals surface area contributed by atoms with Gasteiger partial charge in [0, 0.05) is 5.41 Å². The Morgan fingerprint density at radius 2 is 1.71 bits per heavy atom. The van der Waals surface area contributed by atoms with Crippen molar-refractivity contribution in [3.63, 3.8) is 0 Å². The van der Waals surface area contributed by atoms with Gasteiger partial charge in [-0.25, -0.2) is 0 Å². The van der Waals surface area contributed by atoms with Crippen LogP contribution in [0.4, 0.5) is 0 Å². The molecule has 1 nitrogen and oxygen atoms in total. The molecule has 0 N–H and O–H groups in total. The van der Waals surface area contributed by atoms with Crippen molar-refractivity contribution in [1.82, 2.24) is 0 Å². The second-order valence-corrected chi connectivity index (χ2v) is 5.90. The highest BCUT2D eigenvalue weighted by Gasteiger charge is 2.57. The topological polar surface area (TPSA) is 17.1 Å². The van der Waals surface area contributed by atoms with E-state index >= 15 is 0 Å². The van der Waals surface area contributed by atoms with Crippen molar-refractivity contribution < 1.29 is 4.79 Å². The summed E-state index contributed by atoms with van der Waals surface area (Å²) in [6, 6.07) is 20.6. The SMILES string of the molecule is CC(=O)[C@@]1(C/C=C/c2ccccc2)C[C@@H]1c1ccccc1. The van der Waals surface area contributed by atoms with Gasteiger partial charge in [0.15, 0.2) is 0 Å². The minimum atomic E-state index is -0.174. The molecular weight excluding hydrogens is 256 g/mol. The Kier molecular flexibility index (Phi) is 3.74. The Balaban J connectivity index is 1.73. The molecule has 1 aliphatic carbocycles. The summed E-state index contributed by atoms with van der Waals surface area (Å²) in [5.74, 6) is 0.700. The number of Topliss-reactive ketones (excluding diaryl/α,β-unsaturated/α-hetero) is 1. The van der Waals surface area contributed by atoms with E-state index in [4.69, 9.17) is 0 Å². The number of ketones is 1. The van der Waals surface area contributed by atoms with Crippen molar-refractivity contribution in [2.45, 2.75) is 25.7 Å². The second kappa shape index (κ2) is 5.69. The van der Waals surface area contributed by atoms with E-state index in [9.17, 15) is 4.79 Å². The molecule has 1 saturated carbocycles. The molecule has 0 saturated heterocycles. The van der Waals surface area contributed by atoms with Crippen molar-refractivity contribution in [1.29, 1.82) is 0 Å². The summed E-state index contributed by atoms with van der Waals surface area (Å²) in [5, 5.41) is 0. The summed E-state index contributed by atoms with van der Waals surface area (Å²) in [6.07, 6.45) is 6.08. The number of hydrogen-bond donors (Lipinski definition) is 0. The Labute approximate surface area is 126 Å². The molecule has 1 aliphatic rings. The number of hydrogen-bond acceptors (Lipinski definition) is 1. The molecule has 2 aromatic rings. The van der Waals surface area contributed by atoms with Crippen LogP contribution in [-0.2, 0) is 4.79 Å². The molecule has 2 atom stereocenters. The molecule has 0 aliphatic heterocycles. The lowest BCUT2D eigenvalue weighted by atomic mass is 9.91. The quantitative estimate of drug-likeness (QED) is 0.762. The average molecular weight is 276 g/mol. The lowest BCUT2D eigenvalue weighted by Gasteiger charge is -2.11. The number of carbonyl (C=O) groups is 1. The molecule has 0 aromatic heterocycles. The molecule has 3 rings (SSSR count). The van der Waals surface area contributed by atoms with Gasteiger partial charge < -0.3 is 0 Å². The first-order valence-corrected chi connectivity index (χ1v) is 7.50. The highest BCUT2D eigenvalue weighted by Crippen LogP contribution is 2.62. The van der Waals surface area contributed by atoms with Crippen LogP contribution in [-0.4, -0.2) is 5.78 Å². The molecule has 0 bridgehead atoms. The molecule has 1 fully saturated rings. The van der Waals surface area contributed by atoms with E-state index in [2.05, 4.69) is 48.6 Å². The highest BCUT2D eigenvalue weighted by molar-refractivity contribution is 5.87. The summed E-state index contributed by atoms with van der Waals surface area (Å²) >= 11 is 0. The molecular formula is C20H20O. The van der Waals surface area contributed by atoms with Crippen molar-refractivity contribution in [2.24, 2.45) is 5.41 Å². The summed E-state index contributed by atoms with van der Waals surface area (Å²) in [5.41, 5.74) is 2.31. The first-order valence-electron chi connectivity index (χ1n) is 7.50. The molecule has 0 spiro atoms. The van der Waals surface area contributed by atoms with Crippen molar-refractivity contribution in [2.75, 3.05) is 0 Å². The number of benzene rings is 2. The smallest absolute Gasteiger partial charge is 0.136 e. The fourth-order valence-corrected chi connectivity index (χ4v) is 3.16. The lowest BCUT2D eigenvalue weighted by Crippen LogP contribution is -2.13. The maximum Gasteiger partial charge on any atom is 0.136 e. The van der Waals surface area contributed by atoms with E-state index in [1.807, 2.05) is 24.3 Å². The van der Waals surface area contributed by atoms with Crippen molar-refractivity contribution >= 4 is 11.9 Å². The van der Waals surface area contributed by atoms with Gasteiger partial charge in [0.2, 0.25) is 0 Å². The molecule has 2 aromatic carbocycles. The summed E-state index contributed by atoms with van der Waals surface area (Å²) in [4.78, 5) is 12.1. The Morgan fingerprint density at radius 3 is 2.33 bits per heavy atom. The van der Waals surface area contributed by atoms with E-state index in [1.54, 1.807) is 6.92 Å². The van der Waals surface area contributed by atoms with Gasteiger partial charge in [0.25, 0.3) is 0 Å². The second-order valence-electron chi connectivity index (χ2n) is 5.90. The van der Waals surface area contributed by atoms with Gasteiger partial charge in [0.1, 0.15) is 5.78 Å². The lowest BCUT2D eigenvalue weighted by molar-refractivity contribution is -0.122. The zero-order valence-electron chi connectivity index (χ0n) is 12.3. The first-order chi connectivity index (χ1) is 10.2. The number of rotatable bonds is 5. The van der Waals surface area contributed by atoms with Crippen LogP contribution in [0.15, 0.2) is 66.7 Å². The third kappa shape index (κ3) is 2.82. The van der Waals surface area contributed by atoms with Gasteiger partial charge in [-0.05, 0) is 36.8 Å². The van der Waals surface area contributed by atoms with Gasteiger partial charge in [-0.2, -0.15) is 0 Å². The van der Waals surface area contributed by atoms with E-state index in [0.29, 0.717) is 11.7 Å². The maximum absolute atomic E-state index is 12.1. The molecule has 0 heterocycles. The van der Waals surface area contributed by atoms with Crippen LogP contribution in [0.5, 0.6) is 0 Å². The molecule has 106 valence electrons. The summed E-state index contributed by atoms with van der Waals surface area (Å²) < 4.78 is 0. The maximum atomic E-state index is 12.1. The van der Waals surface area contributed by atoms with Crippen LogP contribution in [0.25, 0.3) is 6.08 Å². The zero-order chi connectivity index (χ0) is 14.7. The highest BCUT2D eigenvalue weighted by atomic mass is 16.1. The number of carbonyl (C=O) groups excluding carboxylic acids is 1. The van der Waals surface area contributed by atoms with Gasteiger partial charge >= 0.3 is 0 Å². The van der Waals surface area contributed by atoms with E-state index < -0.39 is 0 Å². The third-order valence-electron chi connectivity index (χ3n) is 4.57. The van der Waals surface area contributed by atoms with E-state index in [0.717, 1.165) is 12.8 Å². The predicted molar refractivity (Wildman–Crippen MR) is 87.0 cm³/mol. The molecule has 21 heavy (non-hydrogen) atoms. The van der Waals surface area contributed by atoms with Gasteiger partial charge in [-0.1, -0.05) is 72.8 Å². The fraction of sp³-hybridized carbons (Fsp3) is 0.250. The van der Waals surface area contributed by atoms with Crippen molar-refractivity contribution in [3.8, 4) is 0 Å². The molecule has 0 radical (unpaired) electrons. The largest absolute Gasteiger partial charge is 0.299 e. The Bertz CT molecular complexity index is 642. The van der Waals surface area contributed by atoms with Crippen LogP contribution < -0.4 is 0 Å². The normalized spacial score (nSPS) is 24.1. The molecule has 1 heteroatoms. The minimum Gasteiger partial charge on any atom is -0.299 e.